The van der Waals surface area contributed by atoms with E-state index >= 15 is 0 Å². The van der Waals surface area contributed by atoms with E-state index in [1.807, 2.05) is 36.4 Å². The van der Waals surface area contributed by atoms with Crippen molar-refractivity contribution >= 4 is 28.6 Å². The average Bonchev–Trinajstić information content (AvgIpc) is 2.67. The van der Waals surface area contributed by atoms with Crippen molar-refractivity contribution in [1.82, 2.24) is 4.98 Å². The van der Waals surface area contributed by atoms with Gasteiger partial charge in [0.2, 0.25) is 5.91 Å². The van der Waals surface area contributed by atoms with Crippen LogP contribution in [-0.2, 0) is 16.0 Å². The van der Waals surface area contributed by atoms with Gasteiger partial charge in [0.05, 0.1) is 5.69 Å². The molecular formula is C23H22N2O4. The number of rotatable bonds is 2. The van der Waals surface area contributed by atoms with Crippen LogP contribution in [0.2, 0.25) is 0 Å². The molecule has 2 heterocycles. The van der Waals surface area contributed by atoms with Gasteiger partial charge in [-0.15, -0.1) is 0 Å². The fourth-order valence-corrected chi connectivity index (χ4v) is 3.32. The predicted molar refractivity (Wildman–Crippen MR) is 110 cm³/mol. The minimum Gasteiger partial charge on any atom is -0.455 e. The Labute approximate surface area is 169 Å². The number of carbonyl (C=O) groups excluding carboxylic acids is 2. The number of ether oxygens (including phenoxy) is 2. The second-order valence-electron chi connectivity index (χ2n) is 7.93. The summed E-state index contributed by atoms with van der Waals surface area (Å²) in [7, 11) is 0. The third-order valence-corrected chi connectivity index (χ3v) is 4.55. The van der Waals surface area contributed by atoms with Crippen molar-refractivity contribution in [2.24, 2.45) is 0 Å². The smallest absolute Gasteiger partial charge is 0.421 e. The molecule has 0 aliphatic carbocycles. The van der Waals surface area contributed by atoms with Crippen LogP contribution in [0.5, 0.6) is 11.5 Å². The Hall–Kier alpha value is -3.41. The van der Waals surface area contributed by atoms with Crippen LogP contribution in [0, 0.1) is 0 Å². The molecule has 2 amide bonds. The molecule has 0 N–H and O–H groups in total. The molecule has 0 radical (unpaired) electrons. The SMILES string of the molecule is CC(C)(C)OC(=O)N1C(=O)CCc2cc(Oc3cccc4cccnc34)ccc21. The van der Waals surface area contributed by atoms with Gasteiger partial charge in [-0.3, -0.25) is 9.78 Å². The van der Waals surface area contributed by atoms with E-state index < -0.39 is 11.7 Å². The fourth-order valence-electron chi connectivity index (χ4n) is 3.32. The average molecular weight is 390 g/mol. The number of hydrogen-bond acceptors (Lipinski definition) is 5. The monoisotopic (exact) mass is 390 g/mol. The number of nitrogens with zero attached hydrogens (tertiary/aromatic N) is 2. The number of pyridine rings is 1. The topological polar surface area (TPSA) is 68.7 Å². The lowest BCUT2D eigenvalue weighted by Crippen LogP contribution is -2.43. The van der Waals surface area contributed by atoms with E-state index in [1.54, 1.807) is 39.1 Å². The zero-order valence-corrected chi connectivity index (χ0v) is 16.6. The summed E-state index contributed by atoms with van der Waals surface area (Å²) in [6, 6.07) is 15.0. The summed E-state index contributed by atoms with van der Waals surface area (Å²) in [5, 5.41) is 0.990. The summed E-state index contributed by atoms with van der Waals surface area (Å²) >= 11 is 0. The molecule has 1 aromatic heterocycles. The van der Waals surface area contributed by atoms with Crippen molar-refractivity contribution in [3.63, 3.8) is 0 Å². The van der Waals surface area contributed by atoms with Crippen LogP contribution in [0.15, 0.2) is 54.7 Å². The lowest BCUT2D eigenvalue weighted by atomic mass is 10.0. The Morgan fingerprint density at radius 3 is 2.66 bits per heavy atom. The zero-order chi connectivity index (χ0) is 20.6. The first kappa shape index (κ1) is 18.9. The number of hydrogen-bond donors (Lipinski definition) is 0. The molecule has 2 aromatic carbocycles. The van der Waals surface area contributed by atoms with Gasteiger partial charge in [0, 0.05) is 18.0 Å². The van der Waals surface area contributed by atoms with Crippen LogP contribution < -0.4 is 9.64 Å². The van der Waals surface area contributed by atoms with E-state index in [0.717, 1.165) is 21.4 Å². The van der Waals surface area contributed by atoms with Crippen molar-refractivity contribution in [2.45, 2.75) is 39.2 Å². The van der Waals surface area contributed by atoms with E-state index in [9.17, 15) is 9.59 Å². The number of aromatic nitrogens is 1. The highest BCUT2D eigenvalue weighted by Gasteiger charge is 2.33. The van der Waals surface area contributed by atoms with Crippen molar-refractivity contribution in [3.05, 3.63) is 60.3 Å². The molecule has 1 aliphatic rings. The normalized spacial score (nSPS) is 13.9. The molecular weight excluding hydrogens is 368 g/mol. The van der Waals surface area contributed by atoms with Gasteiger partial charge in [0.15, 0.2) is 5.75 Å². The third-order valence-electron chi connectivity index (χ3n) is 4.55. The maximum atomic E-state index is 12.6. The predicted octanol–water partition coefficient (Wildman–Crippen LogP) is 5.24. The maximum absolute atomic E-state index is 12.6. The molecule has 1 aliphatic heterocycles. The summed E-state index contributed by atoms with van der Waals surface area (Å²) in [5.41, 5.74) is 1.50. The number of anilines is 1. The van der Waals surface area contributed by atoms with E-state index in [-0.39, 0.29) is 12.3 Å². The van der Waals surface area contributed by atoms with Crippen LogP contribution in [0.25, 0.3) is 10.9 Å². The van der Waals surface area contributed by atoms with Crippen molar-refractivity contribution in [3.8, 4) is 11.5 Å². The lowest BCUT2D eigenvalue weighted by Gasteiger charge is -2.30. The van der Waals surface area contributed by atoms with Gasteiger partial charge in [0.25, 0.3) is 0 Å². The quantitative estimate of drug-likeness (QED) is 0.598. The summed E-state index contributed by atoms with van der Waals surface area (Å²) < 4.78 is 11.5. The van der Waals surface area contributed by atoms with Gasteiger partial charge in [0.1, 0.15) is 16.9 Å². The molecule has 0 bridgehead atoms. The minimum atomic E-state index is -0.681. The summed E-state index contributed by atoms with van der Waals surface area (Å²) in [4.78, 5) is 30.5. The molecule has 6 nitrogen and oxygen atoms in total. The van der Waals surface area contributed by atoms with E-state index in [4.69, 9.17) is 9.47 Å². The molecule has 29 heavy (non-hydrogen) atoms. The van der Waals surface area contributed by atoms with Crippen molar-refractivity contribution in [1.29, 1.82) is 0 Å². The largest absolute Gasteiger partial charge is 0.455 e. The number of benzene rings is 2. The Kier molecular flexibility index (Phi) is 4.70. The Bertz CT molecular complexity index is 1100. The zero-order valence-electron chi connectivity index (χ0n) is 16.6. The fraction of sp³-hybridized carbons (Fsp3) is 0.261. The first-order valence-electron chi connectivity index (χ1n) is 9.52. The summed E-state index contributed by atoms with van der Waals surface area (Å²) in [6.45, 7) is 5.32. The third kappa shape index (κ3) is 3.92. The van der Waals surface area contributed by atoms with Crippen molar-refractivity contribution < 1.29 is 19.1 Å². The van der Waals surface area contributed by atoms with Crippen molar-refractivity contribution in [2.75, 3.05) is 4.90 Å². The molecule has 3 aromatic rings. The Morgan fingerprint density at radius 2 is 1.86 bits per heavy atom. The van der Waals surface area contributed by atoms with Crippen LogP contribution in [-0.4, -0.2) is 22.6 Å². The molecule has 4 rings (SSSR count). The molecule has 148 valence electrons. The molecule has 0 unspecified atom stereocenters. The molecule has 0 atom stereocenters. The number of fused-ring (bicyclic) bond motifs is 2. The lowest BCUT2D eigenvalue weighted by molar-refractivity contribution is -0.118. The molecule has 0 saturated carbocycles. The molecule has 0 fully saturated rings. The maximum Gasteiger partial charge on any atom is 0.421 e. The van der Waals surface area contributed by atoms with Gasteiger partial charge in [-0.1, -0.05) is 18.2 Å². The molecule has 0 spiro atoms. The van der Waals surface area contributed by atoms with E-state index in [1.165, 1.54) is 0 Å². The Morgan fingerprint density at radius 1 is 1.07 bits per heavy atom. The van der Waals surface area contributed by atoms with Crippen LogP contribution in [0.4, 0.5) is 10.5 Å². The highest BCUT2D eigenvalue weighted by molar-refractivity contribution is 6.14. The first-order valence-corrected chi connectivity index (χ1v) is 9.52. The van der Waals surface area contributed by atoms with Crippen LogP contribution in [0.1, 0.15) is 32.8 Å². The van der Waals surface area contributed by atoms with Crippen LogP contribution >= 0.6 is 0 Å². The van der Waals surface area contributed by atoms with Gasteiger partial charge in [-0.25, -0.2) is 9.69 Å². The van der Waals surface area contributed by atoms with E-state index in [0.29, 0.717) is 23.6 Å². The first-order chi connectivity index (χ1) is 13.8. The molecule has 6 heteroatoms. The number of para-hydroxylation sites is 1. The highest BCUT2D eigenvalue weighted by atomic mass is 16.6. The van der Waals surface area contributed by atoms with Gasteiger partial charge < -0.3 is 9.47 Å². The number of amides is 2. The second kappa shape index (κ2) is 7.20. The Balaban J connectivity index is 1.65. The summed E-state index contributed by atoms with van der Waals surface area (Å²) in [5.74, 6) is 1.01. The number of aryl methyl sites for hydroxylation is 1. The number of carbonyl (C=O) groups is 2. The van der Waals surface area contributed by atoms with Gasteiger partial charge >= 0.3 is 6.09 Å². The number of imide groups is 1. The van der Waals surface area contributed by atoms with E-state index in [2.05, 4.69) is 4.98 Å². The van der Waals surface area contributed by atoms with Gasteiger partial charge in [-0.2, -0.15) is 0 Å². The minimum absolute atomic E-state index is 0.242. The molecule has 0 saturated heterocycles. The second-order valence-corrected chi connectivity index (χ2v) is 7.93. The summed E-state index contributed by atoms with van der Waals surface area (Å²) in [6.07, 6.45) is 1.85. The highest BCUT2D eigenvalue weighted by Crippen LogP contribution is 2.35. The van der Waals surface area contributed by atoms with Gasteiger partial charge in [-0.05, 0) is 63.1 Å². The standard InChI is InChI=1S/C23H22N2O4/c1-23(2,3)29-22(27)25-18-11-10-17(14-16(18)9-12-20(25)26)28-19-8-4-6-15-7-5-13-24-21(15)19/h4-8,10-11,13-14H,9,12H2,1-3H3. The van der Waals surface area contributed by atoms with Crippen LogP contribution in [0.3, 0.4) is 0 Å².